The Morgan fingerprint density at radius 1 is 0.585 bits per heavy atom. The number of sulfonamides is 5. The van der Waals surface area contributed by atoms with E-state index >= 15 is 22.4 Å². The summed E-state index contributed by atoms with van der Waals surface area (Å²) in [6.07, 6.45) is -4.42. The summed E-state index contributed by atoms with van der Waals surface area (Å²) >= 11 is 0. The Hall–Kier alpha value is -1.59. The van der Waals surface area contributed by atoms with Gasteiger partial charge in [-0.1, -0.05) is 73.3 Å². The summed E-state index contributed by atoms with van der Waals surface area (Å²) in [7, 11) is -32.2. The number of esters is 1. The molecule has 0 radical (unpaired) electrons. The monoisotopic (exact) mass is 880 g/mol. The molecule has 0 rings (SSSR count). The SMILES string of the molecule is C=CC(=O)OC(N(F)S(=O)(=O)CCCC)(C(N(F)S(=O)(=O)CCCC)(N(F)S(=O)(=O)CCCC)N(F)S(=O)(=O)CCCC)[N+](C)(F)S(=O)(=O)CCCC. The van der Waals surface area contributed by atoms with Crippen LogP contribution in [0, 0.1) is 0 Å². The highest BCUT2D eigenvalue weighted by atomic mass is 32.2. The summed E-state index contributed by atoms with van der Waals surface area (Å²) in [4.78, 5) is 13.1. The number of hydrogen-bond acceptors (Lipinski definition) is 12. The smallest absolute Gasteiger partial charge is 0.381 e. The molecular weight excluding hydrogens is 830 g/mol. The molecule has 0 heterocycles. The molecule has 316 valence electrons. The van der Waals surface area contributed by atoms with Gasteiger partial charge in [0, 0.05) is 28.2 Å². The minimum atomic E-state index is -6.38. The van der Waals surface area contributed by atoms with Gasteiger partial charge in [0.15, 0.2) is 0 Å². The van der Waals surface area contributed by atoms with Crippen LogP contribution >= 0.6 is 0 Å². The number of ether oxygens (including phenoxy) is 1. The van der Waals surface area contributed by atoms with Crippen LogP contribution in [0.15, 0.2) is 12.7 Å². The first-order valence-electron chi connectivity index (χ1n) is 16.5. The number of carbonyl (C=O) groups excluding carboxylic acids is 1. The normalized spacial score (nSPS) is 16.2. The average molecular weight is 881 g/mol. The van der Waals surface area contributed by atoms with Crippen molar-refractivity contribution >= 4 is 56.1 Å². The van der Waals surface area contributed by atoms with Crippen LogP contribution in [-0.2, 0) is 59.6 Å². The zero-order valence-corrected chi connectivity index (χ0v) is 34.5. The largest absolute Gasteiger partial charge is 0.457 e. The van der Waals surface area contributed by atoms with E-state index in [9.17, 15) is 46.9 Å². The van der Waals surface area contributed by atoms with Gasteiger partial charge in [0.25, 0.3) is 0 Å². The van der Waals surface area contributed by atoms with Crippen molar-refractivity contribution < 1.29 is 78.1 Å². The third-order valence-corrected chi connectivity index (χ3v) is 15.9. The van der Waals surface area contributed by atoms with Crippen molar-refractivity contribution in [3.05, 3.63) is 12.7 Å². The molecule has 0 amide bonds. The van der Waals surface area contributed by atoms with Crippen LogP contribution in [0.4, 0.5) is 22.4 Å². The molecule has 0 fully saturated rings. The Balaban J connectivity index is 10.0. The molecule has 0 aromatic heterocycles. The molecule has 0 aliphatic rings. The van der Waals surface area contributed by atoms with Crippen LogP contribution in [-0.4, -0.2) is 118 Å². The molecular formula is C26H51F5N5O12S5+. The fourth-order valence-corrected chi connectivity index (χ4v) is 12.2. The number of halogens is 5. The van der Waals surface area contributed by atoms with E-state index in [1.54, 1.807) is 0 Å². The molecule has 53 heavy (non-hydrogen) atoms. The number of unbranched alkanes of at least 4 members (excludes halogenated alkanes) is 5. The van der Waals surface area contributed by atoms with Crippen molar-refractivity contribution in [2.24, 2.45) is 0 Å². The summed E-state index contributed by atoms with van der Waals surface area (Å²) in [5.41, 5.74) is 0. The van der Waals surface area contributed by atoms with E-state index in [2.05, 4.69) is 11.3 Å². The van der Waals surface area contributed by atoms with Crippen molar-refractivity contribution in [1.29, 1.82) is 0 Å². The number of nitrogens with zero attached hydrogens (tertiary/aromatic N) is 5. The molecule has 2 atom stereocenters. The van der Waals surface area contributed by atoms with Crippen LogP contribution in [0.5, 0.6) is 0 Å². The fourth-order valence-electron chi connectivity index (χ4n) is 4.51. The zero-order valence-electron chi connectivity index (χ0n) is 30.5. The summed E-state index contributed by atoms with van der Waals surface area (Å²) in [5.74, 6) is -23.0. The maximum atomic E-state index is 17.9. The first kappa shape index (κ1) is 51.4. The molecule has 0 aromatic carbocycles. The lowest BCUT2D eigenvalue weighted by molar-refractivity contribution is -1.02. The lowest BCUT2D eigenvalue weighted by Gasteiger charge is -2.52. The number of rotatable bonds is 28. The Morgan fingerprint density at radius 2 is 0.849 bits per heavy atom. The Labute approximate surface area is 310 Å². The van der Waals surface area contributed by atoms with Gasteiger partial charge in [-0.05, 0) is 32.1 Å². The van der Waals surface area contributed by atoms with Crippen molar-refractivity contribution in [2.75, 3.05) is 35.8 Å². The second-order valence-electron chi connectivity index (χ2n) is 11.9. The highest BCUT2D eigenvalue weighted by Crippen LogP contribution is 2.54. The number of carbonyl (C=O) groups is 1. The van der Waals surface area contributed by atoms with Gasteiger partial charge < -0.3 is 4.74 Å². The molecule has 2 unspecified atom stereocenters. The number of quaternary nitrogens is 1. The lowest BCUT2D eigenvalue weighted by Crippen LogP contribution is -2.89. The van der Waals surface area contributed by atoms with Gasteiger partial charge in [-0.15, -0.1) is 17.9 Å². The molecule has 0 aliphatic heterocycles. The number of hydrogen-bond donors (Lipinski definition) is 0. The quantitative estimate of drug-likeness (QED) is 0.0362. The second-order valence-corrected chi connectivity index (χ2v) is 21.7. The molecule has 0 saturated heterocycles. The van der Waals surface area contributed by atoms with Gasteiger partial charge >= 0.3 is 27.6 Å². The summed E-state index contributed by atoms with van der Waals surface area (Å²) in [6.45, 7) is 9.34. The maximum absolute atomic E-state index is 17.9. The van der Waals surface area contributed by atoms with E-state index in [1.807, 2.05) is 0 Å². The Bertz CT molecular complexity index is 1680. The molecule has 0 spiro atoms. The first-order valence-corrected chi connectivity index (χ1v) is 24.6. The van der Waals surface area contributed by atoms with Gasteiger partial charge in [-0.2, -0.15) is 8.42 Å². The zero-order chi connectivity index (χ0) is 41.9. The third-order valence-electron chi connectivity index (χ3n) is 7.64. The lowest BCUT2D eigenvalue weighted by atomic mass is 10.2. The summed E-state index contributed by atoms with van der Waals surface area (Å²) in [6, 6.07) is 0. The molecule has 0 aliphatic carbocycles. The maximum Gasteiger partial charge on any atom is 0.457 e. The van der Waals surface area contributed by atoms with Crippen LogP contribution in [0.1, 0.15) is 98.8 Å². The Kier molecular flexibility index (Phi) is 19.4. The van der Waals surface area contributed by atoms with Crippen LogP contribution in [0.3, 0.4) is 0 Å². The predicted molar refractivity (Wildman–Crippen MR) is 184 cm³/mol. The highest BCUT2D eigenvalue weighted by molar-refractivity contribution is 7.91. The van der Waals surface area contributed by atoms with Crippen molar-refractivity contribution in [3.8, 4) is 0 Å². The fraction of sp³-hybridized carbons (Fsp3) is 0.885. The molecule has 0 N–H and O–H groups in total. The minimum Gasteiger partial charge on any atom is -0.381 e. The van der Waals surface area contributed by atoms with Crippen LogP contribution in [0.25, 0.3) is 0 Å². The van der Waals surface area contributed by atoms with Gasteiger partial charge in [-0.3, -0.25) is 0 Å². The topological polar surface area (TPSA) is 210 Å². The molecule has 0 saturated carbocycles. The van der Waals surface area contributed by atoms with Crippen molar-refractivity contribution in [2.45, 2.75) is 110 Å². The predicted octanol–water partition coefficient (Wildman–Crippen LogP) is 3.75. The van der Waals surface area contributed by atoms with Gasteiger partial charge in [0.2, 0.25) is 40.1 Å². The standard InChI is InChI=1S/C26H51F5N5O12S5/c1-8-14-19-49(38,39)32(27)25(33(28)50(40,41)20-15-9-2,34(29)51(42,43)21-16-10-3)26(48-24(37)13-6,35(30)52(44,45)22-17-11-4)36(7,31)53(46,47)23-18-12-5/h13H,6,8-12,14-23H2,1-5,7H3/q+1. The van der Waals surface area contributed by atoms with E-state index < -0.39 is 158 Å². The van der Waals surface area contributed by atoms with E-state index in [0.717, 1.165) is 0 Å². The average Bonchev–Trinajstić information content (AvgIpc) is 3.09. The van der Waals surface area contributed by atoms with Gasteiger partial charge in [0.1, 0.15) is 12.8 Å². The van der Waals surface area contributed by atoms with Gasteiger partial charge in [0.05, 0.1) is 27.5 Å². The van der Waals surface area contributed by atoms with Crippen LogP contribution in [0.2, 0.25) is 0 Å². The van der Waals surface area contributed by atoms with Gasteiger partial charge in [-0.25, -0.2) is 38.5 Å². The highest BCUT2D eigenvalue weighted by Gasteiger charge is 2.92. The Morgan fingerprint density at radius 3 is 1.11 bits per heavy atom. The molecule has 17 nitrogen and oxygen atoms in total. The number of likely N-dealkylation sites (N-methyl/N-ethyl adjacent to an activating group) is 1. The van der Waals surface area contributed by atoms with Crippen LogP contribution < -0.4 is 0 Å². The minimum absolute atomic E-state index is 0.138. The van der Waals surface area contributed by atoms with E-state index in [1.165, 1.54) is 34.6 Å². The summed E-state index contributed by atoms with van der Waals surface area (Å²) in [5, 5.41) is 0. The molecule has 27 heteroatoms. The third kappa shape index (κ3) is 10.6. The molecule has 0 bridgehead atoms. The van der Waals surface area contributed by atoms with E-state index in [-0.39, 0.29) is 38.2 Å². The van der Waals surface area contributed by atoms with E-state index in [0.29, 0.717) is 0 Å². The molecule has 0 aromatic rings. The summed E-state index contributed by atoms with van der Waals surface area (Å²) < 4.78 is 215. The second kappa shape index (κ2) is 20.0. The van der Waals surface area contributed by atoms with E-state index in [4.69, 9.17) is 0 Å². The van der Waals surface area contributed by atoms with Crippen molar-refractivity contribution in [3.63, 3.8) is 0 Å². The first-order chi connectivity index (χ1) is 24.1. The van der Waals surface area contributed by atoms with Crippen molar-refractivity contribution in [1.82, 2.24) is 18.1 Å².